The van der Waals surface area contributed by atoms with Crippen molar-refractivity contribution in [1.82, 2.24) is 15.5 Å². The van der Waals surface area contributed by atoms with Crippen molar-refractivity contribution in [1.29, 1.82) is 0 Å². The van der Waals surface area contributed by atoms with Crippen LogP contribution in [-0.2, 0) is 0 Å². The molecular weight excluding hydrogens is 262 g/mol. The summed E-state index contributed by atoms with van der Waals surface area (Å²) in [6.45, 7) is 4.46. The number of hydrogen-bond donors (Lipinski definition) is 2. The van der Waals surface area contributed by atoms with E-state index in [2.05, 4.69) is 29.4 Å². The highest BCUT2D eigenvalue weighted by atomic mass is 16.2. The minimum atomic E-state index is -0.0326. The number of nitrogens with zero attached hydrogens (tertiary/aromatic N) is 1. The van der Waals surface area contributed by atoms with E-state index in [-0.39, 0.29) is 11.9 Å². The van der Waals surface area contributed by atoms with Crippen LogP contribution in [0.25, 0.3) is 0 Å². The second-order valence-corrected chi connectivity index (χ2v) is 7.22. The molecule has 3 rings (SSSR count). The van der Waals surface area contributed by atoms with Crippen molar-refractivity contribution in [2.24, 2.45) is 11.8 Å². The highest BCUT2D eigenvalue weighted by Crippen LogP contribution is 2.39. The number of aromatic nitrogens is 2. The summed E-state index contributed by atoms with van der Waals surface area (Å²) in [6, 6.07) is 2.15. The topological polar surface area (TPSA) is 57.8 Å². The SMILES string of the molecule is CC1CCC(C[C@@H](C)NC(=O)c2cc(C3CC3)[nH]n2)CC1. The van der Waals surface area contributed by atoms with E-state index < -0.39 is 0 Å². The molecule has 0 saturated heterocycles. The van der Waals surface area contributed by atoms with Gasteiger partial charge in [0.1, 0.15) is 5.69 Å². The van der Waals surface area contributed by atoms with Crippen LogP contribution >= 0.6 is 0 Å². The van der Waals surface area contributed by atoms with E-state index in [0.29, 0.717) is 11.6 Å². The summed E-state index contributed by atoms with van der Waals surface area (Å²) in [7, 11) is 0. The van der Waals surface area contributed by atoms with Gasteiger partial charge >= 0.3 is 0 Å². The zero-order valence-electron chi connectivity index (χ0n) is 13.2. The Morgan fingerprint density at radius 2 is 2.05 bits per heavy atom. The summed E-state index contributed by atoms with van der Waals surface area (Å²) in [4.78, 5) is 12.2. The molecule has 1 heterocycles. The van der Waals surface area contributed by atoms with Gasteiger partial charge in [0, 0.05) is 17.7 Å². The lowest BCUT2D eigenvalue weighted by Gasteiger charge is -2.28. The van der Waals surface area contributed by atoms with Gasteiger partial charge in [-0.3, -0.25) is 9.89 Å². The first-order chi connectivity index (χ1) is 10.1. The normalized spacial score (nSPS) is 27.3. The zero-order chi connectivity index (χ0) is 14.8. The Balaban J connectivity index is 1.46. The van der Waals surface area contributed by atoms with Crippen molar-refractivity contribution in [2.75, 3.05) is 0 Å². The maximum Gasteiger partial charge on any atom is 0.271 e. The molecule has 2 fully saturated rings. The summed E-state index contributed by atoms with van der Waals surface area (Å²) in [5, 5.41) is 10.3. The first-order valence-corrected chi connectivity index (χ1v) is 8.48. The third-order valence-corrected chi connectivity index (χ3v) is 5.05. The van der Waals surface area contributed by atoms with Crippen molar-refractivity contribution < 1.29 is 4.79 Å². The fourth-order valence-corrected chi connectivity index (χ4v) is 3.48. The number of nitrogens with one attached hydrogen (secondary N) is 2. The summed E-state index contributed by atoms with van der Waals surface area (Å²) in [6.07, 6.45) is 8.86. The van der Waals surface area contributed by atoms with E-state index in [1.165, 1.54) is 38.5 Å². The second-order valence-electron chi connectivity index (χ2n) is 7.22. The van der Waals surface area contributed by atoms with Crippen LogP contribution in [0.5, 0.6) is 0 Å². The molecule has 0 bridgehead atoms. The maximum atomic E-state index is 12.2. The van der Waals surface area contributed by atoms with Gasteiger partial charge < -0.3 is 5.32 Å². The van der Waals surface area contributed by atoms with Gasteiger partial charge in [-0.15, -0.1) is 0 Å². The molecule has 1 amide bonds. The number of hydrogen-bond acceptors (Lipinski definition) is 2. The minimum Gasteiger partial charge on any atom is -0.348 e. The van der Waals surface area contributed by atoms with Crippen molar-refractivity contribution in [2.45, 2.75) is 70.8 Å². The van der Waals surface area contributed by atoms with Crippen LogP contribution in [0, 0.1) is 11.8 Å². The van der Waals surface area contributed by atoms with Crippen LogP contribution in [0.2, 0.25) is 0 Å². The second kappa shape index (κ2) is 6.20. The van der Waals surface area contributed by atoms with Crippen molar-refractivity contribution in [3.63, 3.8) is 0 Å². The van der Waals surface area contributed by atoms with Crippen LogP contribution < -0.4 is 5.32 Å². The number of carbonyl (C=O) groups excluding carboxylic acids is 1. The standard InChI is InChI=1S/C17H27N3O/c1-11-3-5-13(6-4-11)9-12(2)18-17(21)16-10-15(19-20-16)14-7-8-14/h10-14H,3-9H2,1-2H3,(H,18,21)(H,19,20)/t11?,12-,13?/m1/s1. The van der Waals surface area contributed by atoms with Crippen molar-refractivity contribution in [3.8, 4) is 0 Å². The molecule has 2 aliphatic carbocycles. The molecule has 2 saturated carbocycles. The van der Waals surface area contributed by atoms with E-state index in [9.17, 15) is 4.79 Å². The third-order valence-electron chi connectivity index (χ3n) is 5.05. The molecule has 1 atom stereocenters. The minimum absolute atomic E-state index is 0.0326. The monoisotopic (exact) mass is 289 g/mol. The van der Waals surface area contributed by atoms with Gasteiger partial charge in [-0.05, 0) is 44.1 Å². The lowest BCUT2D eigenvalue weighted by molar-refractivity contribution is 0.0926. The van der Waals surface area contributed by atoms with Gasteiger partial charge in [0.05, 0.1) is 0 Å². The zero-order valence-corrected chi connectivity index (χ0v) is 13.2. The van der Waals surface area contributed by atoms with Gasteiger partial charge in [-0.25, -0.2) is 0 Å². The largest absolute Gasteiger partial charge is 0.348 e. The molecule has 21 heavy (non-hydrogen) atoms. The average molecular weight is 289 g/mol. The van der Waals surface area contributed by atoms with Crippen LogP contribution in [0.1, 0.15) is 80.9 Å². The molecule has 116 valence electrons. The summed E-state index contributed by atoms with van der Waals surface area (Å²) < 4.78 is 0. The summed E-state index contributed by atoms with van der Waals surface area (Å²) >= 11 is 0. The Morgan fingerprint density at radius 3 is 2.71 bits per heavy atom. The lowest BCUT2D eigenvalue weighted by atomic mass is 9.80. The average Bonchev–Trinajstić information content (AvgIpc) is 3.18. The fourth-order valence-electron chi connectivity index (χ4n) is 3.48. The van der Waals surface area contributed by atoms with Crippen LogP contribution in [0.3, 0.4) is 0 Å². The quantitative estimate of drug-likeness (QED) is 0.869. The van der Waals surface area contributed by atoms with E-state index in [0.717, 1.165) is 24.0 Å². The number of rotatable bonds is 5. The highest BCUT2D eigenvalue weighted by Gasteiger charge is 2.27. The van der Waals surface area contributed by atoms with Gasteiger partial charge in [0.25, 0.3) is 5.91 Å². The van der Waals surface area contributed by atoms with E-state index in [4.69, 9.17) is 0 Å². The molecule has 0 aliphatic heterocycles. The molecule has 4 heteroatoms. The summed E-state index contributed by atoms with van der Waals surface area (Å²) in [5.41, 5.74) is 1.66. The molecular formula is C17H27N3O. The van der Waals surface area contributed by atoms with E-state index >= 15 is 0 Å². The van der Waals surface area contributed by atoms with Gasteiger partial charge in [-0.1, -0.05) is 32.6 Å². The van der Waals surface area contributed by atoms with Crippen LogP contribution in [-0.4, -0.2) is 22.1 Å². The lowest BCUT2D eigenvalue weighted by Crippen LogP contribution is -2.34. The summed E-state index contributed by atoms with van der Waals surface area (Å²) in [5.74, 6) is 2.24. The van der Waals surface area contributed by atoms with E-state index in [1.54, 1.807) is 0 Å². The molecule has 4 nitrogen and oxygen atoms in total. The Kier molecular flexibility index (Phi) is 4.32. The molecule has 2 aliphatic rings. The van der Waals surface area contributed by atoms with Crippen molar-refractivity contribution in [3.05, 3.63) is 17.5 Å². The molecule has 0 unspecified atom stereocenters. The predicted octanol–water partition coefficient (Wildman–Crippen LogP) is 3.62. The van der Waals surface area contributed by atoms with Crippen LogP contribution in [0.15, 0.2) is 6.07 Å². The smallest absolute Gasteiger partial charge is 0.271 e. The molecule has 2 N–H and O–H groups in total. The van der Waals surface area contributed by atoms with Gasteiger partial charge in [0.15, 0.2) is 0 Å². The molecule has 1 aromatic heterocycles. The Morgan fingerprint density at radius 1 is 1.33 bits per heavy atom. The van der Waals surface area contributed by atoms with E-state index in [1.807, 2.05) is 6.07 Å². The first-order valence-electron chi connectivity index (χ1n) is 8.48. The molecule has 0 aromatic carbocycles. The number of carbonyl (C=O) groups is 1. The third kappa shape index (κ3) is 3.86. The molecule has 0 spiro atoms. The number of H-pyrrole nitrogens is 1. The molecule has 0 radical (unpaired) electrons. The number of amides is 1. The maximum absolute atomic E-state index is 12.2. The fraction of sp³-hybridized carbons (Fsp3) is 0.765. The predicted molar refractivity (Wildman–Crippen MR) is 83.2 cm³/mol. The number of aromatic amines is 1. The Hall–Kier alpha value is -1.32. The Labute approximate surface area is 127 Å². The van der Waals surface area contributed by atoms with Gasteiger partial charge in [0.2, 0.25) is 0 Å². The molecule has 1 aromatic rings. The van der Waals surface area contributed by atoms with Crippen LogP contribution in [0.4, 0.5) is 0 Å². The first kappa shape index (κ1) is 14.6. The van der Waals surface area contributed by atoms with Gasteiger partial charge in [-0.2, -0.15) is 5.10 Å². The highest BCUT2D eigenvalue weighted by molar-refractivity contribution is 5.92. The Bertz CT molecular complexity index is 484. The van der Waals surface area contributed by atoms with Crippen molar-refractivity contribution >= 4 is 5.91 Å².